The number of aliphatic hydroxyl groups excluding tert-OH is 1. The maximum absolute atomic E-state index is 14.7. The Morgan fingerprint density at radius 2 is 1.90 bits per heavy atom. The Bertz CT molecular complexity index is 1320. The largest absolute Gasteiger partial charge is 0.465 e. The van der Waals surface area contributed by atoms with Gasteiger partial charge in [-0.15, -0.1) is 13.2 Å². The normalized spacial score (nSPS) is 26.9. The Hall–Kier alpha value is -3.46. The highest BCUT2D eigenvalue weighted by Crippen LogP contribution is 2.59. The number of esters is 1. The Labute approximate surface area is 245 Å². The molecule has 2 unspecified atom stereocenters. The highest BCUT2D eigenvalue weighted by atomic mass is 35.5. The minimum atomic E-state index is -1.24. The van der Waals surface area contributed by atoms with Gasteiger partial charge in [-0.1, -0.05) is 66.2 Å². The zero-order valence-corrected chi connectivity index (χ0v) is 23.6. The second kappa shape index (κ2) is 12.2. The number of benzene rings is 2. The van der Waals surface area contributed by atoms with Crippen LogP contribution in [-0.2, 0) is 30.3 Å². The molecule has 3 aliphatic heterocycles. The molecule has 5 rings (SSSR count). The maximum Gasteiger partial charge on any atom is 0.312 e. The topological polar surface area (TPSA) is 96.4 Å². The number of fused-ring (bicyclic) bond motifs is 1. The number of halogens is 1. The van der Waals surface area contributed by atoms with Gasteiger partial charge in [-0.2, -0.15) is 0 Å². The van der Waals surface area contributed by atoms with Crippen molar-refractivity contribution < 1.29 is 29.0 Å². The van der Waals surface area contributed by atoms with Crippen molar-refractivity contribution in [3.05, 3.63) is 90.5 Å². The molecule has 2 aromatic rings. The summed E-state index contributed by atoms with van der Waals surface area (Å²) in [6, 6.07) is 14.6. The van der Waals surface area contributed by atoms with E-state index in [9.17, 15) is 19.5 Å². The summed E-state index contributed by atoms with van der Waals surface area (Å²) in [5.41, 5.74) is 0.133. The fraction of sp³-hybridized carbons (Fsp3) is 0.406. The molecule has 1 spiro atoms. The number of likely N-dealkylation sites (tertiary alicyclic amines) is 1. The predicted molar refractivity (Wildman–Crippen MR) is 155 cm³/mol. The monoisotopic (exact) mass is 578 g/mol. The van der Waals surface area contributed by atoms with Crippen molar-refractivity contribution in [1.82, 2.24) is 4.90 Å². The molecule has 3 saturated heterocycles. The molecule has 8 nitrogen and oxygen atoms in total. The predicted octanol–water partition coefficient (Wildman–Crippen LogP) is 3.96. The Morgan fingerprint density at radius 1 is 1.17 bits per heavy atom. The lowest BCUT2D eigenvalue weighted by Crippen LogP contribution is -2.59. The number of nitrogens with zero attached hydrogens (tertiary/aromatic N) is 2. The molecule has 0 aromatic heterocycles. The molecule has 41 heavy (non-hydrogen) atoms. The van der Waals surface area contributed by atoms with E-state index >= 15 is 0 Å². The van der Waals surface area contributed by atoms with Gasteiger partial charge in [-0.3, -0.25) is 14.4 Å². The zero-order valence-electron chi connectivity index (χ0n) is 22.9. The van der Waals surface area contributed by atoms with Crippen LogP contribution >= 0.6 is 11.6 Å². The number of carbonyl (C=O) groups is 3. The highest BCUT2D eigenvalue weighted by Gasteiger charge is 2.75. The lowest BCUT2D eigenvalue weighted by Gasteiger charge is -2.39. The van der Waals surface area contributed by atoms with Gasteiger partial charge in [0.05, 0.1) is 47.9 Å². The lowest BCUT2D eigenvalue weighted by molar-refractivity contribution is -0.155. The molecule has 2 amide bonds. The number of para-hydroxylation sites is 1. The molecular weight excluding hydrogens is 544 g/mol. The molecule has 3 fully saturated rings. The third-order valence-corrected chi connectivity index (χ3v) is 8.77. The van der Waals surface area contributed by atoms with Gasteiger partial charge in [-0.05, 0) is 43.4 Å². The molecule has 3 aliphatic rings. The van der Waals surface area contributed by atoms with Gasteiger partial charge in [0.1, 0.15) is 11.6 Å². The second-order valence-electron chi connectivity index (χ2n) is 10.8. The molecule has 0 radical (unpaired) electrons. The lowest BCUT2D eigenvalue weighted by atomic mass is 9.70. The van der Waals surface area contributed by atoms with Crippen molar-refractivity contribution in [1.29, 1.82) is 0 Å². The van der Waals surface area contributed by atoms with Crippen LogP contribution in [-0.4, -0.2) is 71.3 Å². The van der Waals surface area contributed by atoms with Crippen molar-refractivity contribution >= 4 is 35.1 Å². The fourth-order valence-corrected chi connectivity index (χ4v) is 7.00. The van der Waals surface area contributed by atoms with Crippen LogP contribution in [0.15, 0.2) is 79.9 Å². The van der Waals surface area contributed by atoms with E-state index in [-0.39, 0.29) is 25.7 Å². The fourth-order valence-electron chi connectivity index (χ4n) is 6.76. The van der Waals surface area contributed by atoms with Gasteiger partial charge in [0.25, 0.3) is 5.91 Å². The van der Waals surface area contributed by atoms with Crippen LogP contribution in [0.2, 0.25) is 5.02 Å². The summed E-state index contributed by atoms with van der Waals surface area (Å²) >= 11 is 6.53. The van der Waals surface area contributed by atoms with Crippen LogP contribution in [0.25, 0.3) is 0 Å². The number of amides is 2. The Balaban J connectivity index is 1.58. The summed E-state index contributed by atoms with van der Waals surface area (Å²) in [4.78, 5) is 45.4. The molecule has 2 bridgehead atoms. The molecule has 216 valence electrons. The number of aliphatic hydroxyl groups is 1. The first-order chi connectivity index (χ1) is 19.9. The van der Waals surface area contributed by atoms with Gasteiger partial charge >= 0.3 is 5.97 Å². The minimum absolute atomic E-state index is 0.140. The molecule has 0 saturated carbocycles. The summed E-state index contributed by atoms with van der Waals surface area (Å²) in [7, 11) is 0. The molecule has 3 heterocycles. The van der Waals surface area contributed by atoms with Crippen molar-refractivity contribution in [2.75, 3.05) is 24.7 Å². The van der Waals surface area contributed by atoms with Crippen LogP contribution in [0.1, 0.15) is 24.8 Å². The van der Waals surface area contributed by atoms with Gasteiger partial charge in [0.15, 0.2) is 0 Å². The van der Waals surface area contributed by atoms with Crippen molar-refractivity contribution in [2.45, 2.75) is 49.5 Å². The molecule has 6 atom stereocenters. The maximum atomic E-state index is 14.7. The molecule has 9 heteroatoms. The number of hydrogen-bond acceptors (Lipinski definition) is 6. The number of hydrogen-bond donors (Lipinski definition) is 1. The first-order valence-electron chi connectivity index (χ1n) is 14.0. The van der Waals surface area contributed by atoms with Crippen LogP contribution in [0.3, 0.4) is 0 Å². The smallest absolute Gasteiger partial charge is 0.312 e. The van der Waals surface area contributed by atoms with Gasteiger partial charge in [-0.25, -0.2) is 0 Å². The van der Waals surface area contributed by atoms with E-state index in [1.165, 1.54) is 9.80 Å². The number of rotatable bonds is 12. The van der Waals surface area contributed by atoms with Crippen molar-refractivity contribution in [3.63, 3.8) is 0 Å². The van der Waals surface area contributed by atoms with E-state index in [0.717, 1.165) is 5.56 Å². The van der Waals surface area contributed by atoms with Crippen molar-refractivity contribution in [2.24, 2.45) is 11.8 Å². The summed E-state index contributed by atoms with van der Waals surface area (Å²) in [5, 5.41) is 11.0. The van der Waals surface area contributed by atoms with Crippen LogP contribution < -0.4 is 4.90 Å². The molecular formula is C32H35ClN2O6. The van der Waals surface area contributed by atoms with Gasteiger partial charge in [0.2, 0.25) is 5.91 Å². The van der Waals surface area contributed by atoms with Crippen molar-refractivity contribution in [3.8, 4) is 0 Å². The van der Waals surface area contributed by atoms with Crippen LogP contribution in [0, 0.1) is 11.8 Å². The second-order valence-corrected chi connectivity index (χ2v) is 11.2. The standard InChI is InChI=1S/C32H35ClN2O6/c1-3-5-18-40-31(39)26-25-15-16-32(41-25)27(26)29(37)35(22(20-36)19-21-11-7-6-8-12-21)28(32)30(38)34(17-4-2)24-14-10-9-13-23(24)33/h3-4,6-14,22,25-28,36H,1-2,5,15-20H2/t22-,25-,26+,27+,28?,32?/m1/s1. The number of anilines is 1. The van der Waals surface area contributed by atoms with E-state index in [1.54, 1.807) is 36.4 Å². The SMILES string of the molecule is C=CCCOC(=O)[C@@H]1[C@H]2C(=O)N([C@@H](CO)Cc3ccccc3)C(C(=O)N(CC=C)c3ccccc3Cl)C23CC[C@H]1O3. The van der Waals surface area contributed by atoms with E-state index in [4.69, 9.17) is 21.1 Å². The van der Waals surface area contributed by atoms with E-state index in [0.29, 0.717) is 36.4 Å². The average molecular weight is 579 g/mol. The van der Waals surface area contributed by atoms with E-state index in [1.807, 2.05) is 30.3 Å². The third-order valence-electron chi connectivity index (χ3n) is 8.45. The number of ether oxygens (including phenoxy) is 2. The highest BCUT2D eigenvalue weighted by molar-refractivity contribution is 6.34. The van der Waals surface area contributed by atoms with Gasteiger partial charge < -0.3 is 24.4 Å². The summed E-state index contributed by atoms with van der Waals surface area (Å²) in [6.07, 6.45) is 4.45. The Kier molecular flexibility index (Phi) is 8.63. The first kappa shape index (κ1) is 29.0. The Morgan fingerprint density at radius 3 is 2.59 bits per heavy atom. The van der Waals surface area contributed by atoms with Crippen LogP contribution in [0.4, 0.5) is 5.69 Å². The third kappa shape index (κ3) is 5.09. The van der Waals surface area contributed by atoms with Crippen LogP contribution in [0.5, 0.6) is 0 Å². The zero-order chi connectivity index (χ0) is 29.1. The van der Waals surface area contributed by atoms with Gasteiger partial charge in [0, 0.05) is 6.54 Å². The van der Waals surface area contributed by atoms with E-state index in [2.05, 4.69) is 13.2 Å². The quantitative estimate of drug-likeness (QED) is 0.233. The average Bonchev–Trinajstić information content (AvgIpc) is 3.63. The first-order valence-corrected chi connectivity index (χ1v) is 14.3. The number of carbonyl (C=O) groups excluding carboxylic acids is 3. The minimum Gasteiger partial charge on any atom is -0.465 e. The summed E-state index contributed by atoms with van der Waals surface area (Å²) < 4.78 is 12.0. The molecule has 0 aliphatic carbocycles. The molecule has 1 N–H and O–H groups in total. The van der Waals surface area contributed by atoms with E-state index < -0.39 is 47.5 Å². The molecule has 2 aromatic carbocycles. The summed E-state index contributed by atoms with van der Waals surface area (Å²) in [6.45, 7) is 7.41. The summed E-state index contributed by atoms with van der Waals surface area (Å²) in [5.74, 6) is -3.05.